The van der Waals surface area contributed by atoms with Gasteiger partial charge in [0.2, 0.25) is 0 Å². The van der Waals surface area contributed by atoms with E-state index in [1.165, 1.54) is 56.9 Å². The summed E-state index contributed by atoms with van der Waals surface area (Å²) in [5.41, 5.74) is 2.01. The number of anilines is 1. The molecule has 4 rings (SSSR count). The van der Waals surface area contributed by atoms with Crippen LogP contribution in [0.5, 0.6) is 0 Å². The van der Waals surface area contributed by atoms with E-state index < -0.39 is 0 Å². The molecule has 6 heteroatoms. The minimum Gasteiger partial charge on any atom is -0.336 e. The molecule has 2 aliphatic rings. The Balaban J connectivity index is 1.30. The molecule has 0 bridgehead atoms. The molecule has 5 nitrogen and oxygen atoms in total. The molecule has 1 saturated carbocycles. The highest BCUT2D eigenvalue weighted by molar-refractivity contribution is 5.89. The van der Waals surface area contributed by atoms with Gasteiger partial charge in [-0.25, -0.2) is 9.18 Å². The van der Waals surface area contributed by atoms with Gasteiger partial charge in [0.25, 0.3) is 0 Å². The molecule has 1 heterocycles. The summed E-state index contributed by atoms with van der Waals surface area (Å²) in [6, 6.07) is 17.3. The van der Waals surface area contributed by atoms with Gasteiger partial charge in [-0.2, -0.15) is 0 Å². The van der Waals surface area contributed by atoms with E-state index in [-0.39, 0.29) is 11.8 Å². The average Bonchev–Trinajstić information content (AvgIpc) is 3.36. The van der Waals surface area contributed by atoms with Crippen molar-refractivity contribution in [3.05, 3.63) is 66.0 Å². The van der Waals surface area contributed by atoms with Gasteiger partial charge in [-0.15, -0.1) is 0 Å². The third kappa shape index (κ3) is 9.11. The zero-order valence-electron chi connectivity index (χ0n) is 22.5. The van der Waals surface area contributed by atoms with Gasteiger partial charge in [-0.3, -0.25) is 4.90 Å². The van der Waals surface area contributed by atoms with Gasteiger partial charge in [-0.1, -0.05) is 62.4 Å². The topological polar surface area (TPSA) is 47.6 Å². The summed E-state index contributed by atoms with van der Waals surface area (Å²) < 4.78 is 13.3. The standard InChI is InChI=1S/C31H45FN4O/c1-35(24-30-13-8-21-36(30)22-20-26-14-17-27(32)18-15-26)29(19-16-25-9-4-2-5-10-25)23-33-31(37)34-28-11-6-3-7-12-28/h3,6-7,11-12,14-15,17-18,25,29-30H,2,4-5,8-10,13,16,19-24H2,1H3,(H2,33,34,37)/t29-,30-/m1/s1. The van der Waals surface area contributed by atoms with E-state index in [1.807, 2.05) is 42.5 Å². The first-order chi connectivity index (χ1) is 18.1. The van der Waals surface area contributed by atoms with Crippen LogP contribution >= 0.6 is 0 Å². The second-order valence-corrected chi connectivity index (χ2v) is 11.1. The summed E-state index contributed by atoms with van der Waals surface area (Å²) in [6.07, 6.45) is 12.6. The highest BCUT2D eigenvalue weighted by Crippen LogP contribution is 2.28. The zero-order valence-corrected chi connectivity index (χ0v) is 22.5. The van der Waals surface area contributed by atoms with Gasteiger partial charge in [0.1, 0.15) is 5.82 Å². The first-order valence-electron chi connectivity index (χ1n) is 14.4. The molecule has 1 aliphatic heterocycles. The molecule has 2 aromatic carbocycles. The summed E-state index contributed by atoms with van der Waals surface area (Å²) in [4.78, 5) is 17.7. The third-order valence-corrected chi connectivity index (χ3v) is 8.38. The molecule has 0 spiro atoms. The molecule has 2 atom stereocenters. The molecule has 202 valence electrons. The van der Waals surface area contributed by atoms with Crippen LogP contribution in [0.2, 0.25) is 0 Å². The van der Waals surface area contributed by atoms with Gasteiger partial charge in [0.15, 0.2) is 0 Å². The number of para-hydroxylation sites is 1. The number of rotatable bonds is 12. The molecular weight excluding hydrogens is 463 g/mol. The molecule has 37 heavy (non-hydrogen) atoms. The van der Waals surface area contributed by atoms with Crippen LogP contribution in [0.25, 0.3) is 0 Å². The number of halogens is 1. The Labute approximate surface area is 222 Å². The van der Waals surface area contributed by atoms with Gasteiger partial charge >= 0.3 is 6.03 Å². The van der Waals surface area contributed by atoms with Crippen LogP contribution in [-0.4, -0.2) is 61.1 Å². The van der Waals surface area contributed by atoms with Crippen molar-refractivity contribution < 1.29 is 9.18 Å². The molecule has 0 unspecified atom stereocenters. The SMILES string of the molecule is CN(C[C@H]1CCCN1CCc1ccc(F)cc1)[C@H](CCC1CCCCC1)CNC(=O)Nc1ccccc1. The van der Waals surface area contributed by atoms with E-state index >= 15 is 0 Å². The van der Waals surface area contributed by atoms with Crippen LogP contribution in [0.1, 0.15) is 63.4 Å². The average molecular weight is 509 g/mol. The van der Waals surface area contributed by atoms with Crippen molar-refractivity contribution in [1.29, 1.82) is 0 Å². The fraction of sp³-hybridized carbons (Fsp3) is 0.581. The highest BCUT2D eigenvalue weighted by atomic mass is 19.1. The van der Waals surface area contributed by atoms with E-state index in [9.17, 15) is 9.18 Å². The Morgan fingerprint density at radius 1 is 1.03 bits per heavy atom. The minimum atomic E-state index is -0.172. The Kier molecular flexibility index (Phi) is 10.8. The van der Waals surface area contributed by atoms with Crippen LogP contribution in [0.3, 0.4) is 0 Å². The van der Waals surface area contributed by atoms with E-state index in [0.717, 1.165) is 44.1 Å². The highest BCUT2D eigenvalue weighted by Gasteiger charge is 2.28. The third-order valence-electron chi connectivity index (χ3n) is 8.38. The molecular formula is C31H45FN4O. The first-order valence-corrected chi connectivity index (χ1v) is 14.4. The van der Waals surface area contributed by atoms with Crippen molar-refractivity contribution in [3.63, 3.8) is 0 Å². The number of hydrogen-bond acceptors (Lipinski definition) is 3. The molecule has 2 aromatic rings. The first kappa shape index (κ1) is 27.6. The number of carbonyl (C=O) groups excluding carboxylic acids is 1. The van der Waals surface area contributed by atoms with Crippen LogP contribution in [0.4, 0.5) is 14.9 Å². The normalized spacial score (nSPS) is 19.7. The molecule has 2 N–H and O–H groups in total. The summed E-state index contributed by atoms with van der Waals surface area (Å²) >= 11 is 0. The summed E-state index contributed by atoms with van der Waals surface area (Å²) in [5, 5.41) is 6.11. The van der Waals surface area contributed by atoms with Crippen LogP contribution in [-0.2, 0) is 6.42 Å². The fourth-order valence-electron chi connectivity index (χ4n) is 6.09. The maximum Gasteiger partial charge on any atom is 0.319 e. The number of urea groups is 1. The number of amides is 2. The van der Waals surface area contributed by atoms with Crippen molar-refractivity contribution in [2.24, 2.45) is 5.92 Å². The quantitative estimate of drug-likeness (QED) is 0.353. The Bertz CT molecular complexity index is 932. The van der Waals surface area contributed by atoms with E-state index in [1.54, 1.807) is 12.1 Å². The smallest absolute Gasteiger partial charge is 0.319 e. The van der Waals surface area contributed by atoms with Crippen LogP contribution < -0.4 is 10.6 Å². The van der Waals surface area contributed by atoms with Gasteiger partial charge in [0.05, 0.1) is 0 Å². The number of likely N-dealkylation sites (N-methyl/N-ethyl adjacent to an activating group) is 1. The number of benzene rings is 2. The lowest BCUT2D eigenvalue weighted by Gasteiger charge is -2.35. The summed E-state index contributed by atoms with van der Waals surface area (Å²) in [5.74, 6) is 0.663. The lowest BCUT2D eigenvalue weighted by Crippen LogP contribution is -2.48. The number of likely N-dealkylation sites (tertiary alicyclic amines) is 1. The second-order valence-electron chi connectivity index (χ2n) is 11.1. The number of nitrogens with zero attached hydrogens (tertiary/aromatic N) is 2. The monoisotopic (exact) mass is 508 g/mol. The van der Waals surface area contributed by atoms with Gasteiger partial charge in [0, 0.05) is 37.4 Å². The number of hydrogen-bond donors (Lipinski definition) is 2. The van der Waals surface area contributed by atoms with Gasteiger partial charge in [-0.05, 0) is 81.4 Å². The van der Waals surface area contributed by atoms with Crippen molar-refractivity contribution in [3.8, 4) is 0 Å². The van der Waals surface area contributed by atoms with Crippen LogP contribution in [0.15, 0.2) is 54.6 Å². The second kappa shape index (κ2) is 14.5. The fourth-order valence-corrected chi connectivity index (χ4v) is 6.09. The van der Waals surface area contributed by atoms with E-state index in [0.29, 0.717) is 18.6 Å². The summed E-state index contributed by atoms with van der Waals surface area (Å²) in [7, 11) is 2.23. The number of carbonyl (C=O) groups is 1. The predicted molar refractivity (Wildman–Crippen MR) is 150 cm³/mol. The molecule has 1 saturated heterocycles. The molecule has 0 radical (unpaired) electrons. The van der Waals surface area contributed by atoms with Crippen molar-refractivity contribution in [2.45, 2.75) is 76.3 Å². The maximum absolute atomic E-state index is 13.3. The summed E-state index contributed by atoms with van der Waals surface area (Å²) in [6.45, 7) is 3.81. The molecule has 2 fully saturated rings. The Hall–Kier alpha value is -2.44. The van der Waals surface area contributed by atoms with Crippen molar-refractivity contribution >= 4 is 11.7 Å². The number of nitrogens with one attached hydrogen (secondary N) is 2. The van der Waals surface area contributed by atoms with E-state index in [4.69, 9.17) is 0 Å². The Morgan fingerprint density at radius 2 is 1.78 bits per heavy atom. The maximum atomic E-state index is 13.3. The Morgan fingerprint density at radius 3 is 2.54 bits per heavy atom. The molecule has 0 aromatic heterocycles. The van der Waals surface area contributed by atoms with Crippen molar-refractivity contribution in [2.75, 3.05) is 38.5 Å². The molecule has 1 aliphatic carbocycles. The lowest BCUT2D eigenvalue weighted by molar-refractivity contribution is 0.146. The van der Waals surface area contributed by atoms with E-state index in [2.05, 4.69) is 27.5 Å². The van der Waals surface area contributed by atoms with Crippen molar-refractivity contribution in [1.82, 2.24) is 15.1 Å². The predicted octanol–water partition coefficient (Wildman–Crippen LogP) is 6.32. The minimum absolute atomic E-state index is 0.135. The zero-order chi connectivity index (χ0) is 25.9. The molecule has 2 amide bonds. The largest absolute Gasteiger partial charge is 0.336 e. The van der Waals surface area contributed by atoms with Gasteiger partial charge < -0.3 is 15.5 Å². The van der Waals surface area contributed by atoms with Crippen LogP contribution in [0, 0.1) is 11.7 Å². The lowest BCUT2D eigenvalue weighted by atomic mass is 9.85.